The van der Waals surface area contributed by atoms with Crippen molar-refractivity contribution in [1.82, 2.24) is 20.4 Å². The molecule has 1 atom stereocenters. The fourth-order valence-electron chi connectivity index (χ4n) is 2.93. The molecule has 1 fully saturated rings. The van der Waals surface area contributed by atoms with E-state index in [4.69, 9.17) is 4.52 Å². The molecule has 2 aromatic heterocycles. The Morgan fingerprint density at radius 2 is 2.35 bits per heavy atom. The molecule has 5 nitrogen and oxygen atoms in total. The van der Waals surface area contributed by atoms with Gasteiger partial charge in [0, 0.05) is 12.7 Å². The second-order valence-corrected chi connectivity index (χ2v) is 5.60. The van der Waals surface area contributed by atoms with Crippen molar-refractivity contribution < 1.29 is 4.52 Å². The van der Waals surface area contributed by atoms with Gasteiger partial charge in [-0.3, -0.25) is 4.98 Å². The first kappa shape index (κ1) is 13.2. The molecule has 1 unspecified atom stereocenters. The van der Waals surface area contributed by atoms with E-state index in [-0.39, 0.29) is 5.41 Å². The van der Waals surface area contributed by atoms with Gasteiger partial charge in [-0.05, 0) is 44.0 Å². The van der Waals surface area contributed by atoms with Crippen LogP contribution >= 0.6 is 0 Å². The van der Waals surface area contributed by atoms with Crippen molar-refractivity contribution in [3.8, 4) is 11.5 Å². The molecule has 0 bridgehead atoms. The third-order valence-electron chi connectivity index (χ3n) is 4.00. The molecule has 5 heteroatoms. The number of aromatic nitrogens is 3. The van der Waals surface area contributed by atoms with Gasteiger partial charge in [0.15, 0.2) is 0 Å². The monoisotopic (exact) mass is 272 g/mol. The summed E-state index contributed by atoms with van der Waals surface area (Å²) in [6, 6.07) is 3.94. The van der Waals surface area contributed by atoms with E-state index in [1.807, 2.05) is 19.1 Å². The highest BCUT2D eigenvalue weighted by molar-refractivity contribution is 5.49. The zero-order chi connectivity index (χ0) is 14.0. The molecule has 20 heavy (non-hydrogen) atoms. The van der Waals surface area contributed by atoms with Crippen molar-refractivity contribution in [2.75, 3.05) is 13.1 Å². The first-order chi connectivity index (χ1) is 9.73. The van der Waals surface area contributed by atoms with E-state index in [1.165, 1.54) is 0 Å². The lowest BCUT2D eigenvalue weighted by Crippen LogP contribution is -2.29. The molecule has 3 rings (SSSR count). The largest absolute Gasteiger partial charge is 0.338 e. The molecular formula is C15H20N4O. The smallest absolute Gasteiger partial charge is 0.234 e. The summed E-state index contributed by atoms with van der Waals surface area (Å²) in [5.41, 5.74) is 1.92. The Morgan fingerprint density at radius 3 is 3.05 bits per heavy atom. The second kappa shape index (κ2) is 5.32. The molecule has 1 saturated heterocycles. The minimum atomic E-state index is 0.00379. The molecule has 0 aliphatic carbocycles. The summed E-state index contributed by atoms with van der Waals surface area (Å²) in [5.74, 6) is 1.34. The van der Waals surface area contributed by atoms with E-state index in [9.17, 15) is 0 Å². The van der Waals surface area contributed by atoms with E-state index < -0.39 is 0 Å². The van der Waals surface area contributed by atoms with Gasteiger partial charge >= 0.3 is 0 Å². The van der Waals surface area contributed by atoms with Crippen LogP contribution in [0.4, 0.5) is 0 Å². The molecular weight excluding hydrogens is 252 g/mol. The summed E-state index contributed by atoms with van der Waals surface area (Å²) in [7, 11) is 0. The minimum absolute atomic E-state index is 0.00379. The topological polar surface area (TPSA) is 63.8 Å². The molecule has 0 aromatic carbocycles. The number of nitrogens with one attached hydrogen (secondary N) is 1. The van der Waals surface area contributed by atoms with Crippen molar-refractivity contribution in [3.05, 3.63) is 29.8 Å². The van der Waals surface area contributed by atoms with Crippen LogP contribution in [-0.4, -0.2) is 28.2 Å². The Balaban J connectivity index is 1.93. The molecule has 0 radical (unpaired) electrons. The van der Waals surface area contributed by atoms with Gasteiger partial charge in [0.1, 0.15) is 5.69 Å². The number of aryl methyl sites for hydroxylation is 1. The molecule has 1 aliphatic rings. The van der Waals surface area contributed by atoms with Crippen LogP contribution < -0.4 is 5.32 Å². The van der Waals surface area contributed by atoms with Gasteiger partial charge in [0.05, 0.1) is 5.41 Å². The van der Waals surface area contributed by atoms with Gasteiger partial charge in [-0.1, -0.05) is 18.5 Å². The van der Waals surface area contributed by atoms with Gasteiger partial charge in [0.25, 0.3) is 0 Å². The molecule has 0 amide bonds. The van der Waals surface area contributed by atoms with Crippen molar-refractivity contribution in [1.29, 1.82) is 0 Å². The Hall–Kier alpha value is -1.75. The lowest BCUT2D eigenvalue weighted by atomic mass is 9.82. The van der Waals surface area contributed by atoms with Crippen LogP contribution in [0.3, 0.4) is 0 Å². The summed E-state index contributed by atoms with van der Waals surface area (Å²) in [6.45, 7) is 6.16. The Bertz CT molecular complexity index is 587. The fraction of sp³-hybridized carbons (Fsp3) is 0.533. The van der Waals surface area contributed by atoms with Gasteiger partial charge in [-0.25, -0.2) is 0 Å². The molecule has 2 aromatic rings. The van der Waals surface area contributed by atoms with E-state index in [2.05, 4.69) is 27.4 Å². The number of rotatable bonds is 4. The Labute approximate surface area is 118 Å². The maximum Gasteiger partial charge on any atom is 0.234 e. The number of nitrogens with zero attached hydrogens (tertiary/aromatic N) is 3. The highest BCUT2D eigenvalue weighted by Crippen LogP contribution is 2.35. The SMILES string of the molecule is CCCC1(c2nc(-c3cc(C)ccn3)no2)CCNC1. The molecule has 3 heterocycles. The van der Waals surface area contributed by atoms with Crippen LogP contribution in [0, 0.1) is 6.92 Å². The standard InChI is InChI=1S/C15H20N4O/c1-3-5-15(6-8-16-10-15)14-18-13(19-20-14)12-9-11(2)4-7-17-12/h4,7,9,16H,3,5-6,8,10H2,1-2H3. The average Bonchev–Trinajstić information content (AvgIpc) is 3.08. The van der Waals surface area contributed by atoms with E-state index >= 15 is 0 Å². The van der Waals surface area contributed by atoms with Gasteiger partial charge in [-0.15, -0.1) is 0 Å². The highest BCUT2D eigenvalue weighted by atomic mass is 16.5. The third kappa shape index (κ3) is 2.33. The Morgan fingerprint density at radius 1 is 1.45 bits per heavy atom. The van der Waals surface area contributed by atoms with Crippen LogP contribution in [-0.2, 0) is 5.41 Å². The van der Waals surface area contributed by atoms with Gasteiger partial charge < -0.3 is 9.84 Å². The summed E-state index contributed by atoms with van der Waals surface area (Å²) in [4.78, 5) is 8.93. The quantitative estimate of drug-likeness (QED) is 0.926. The summed E-state index contributed by atoms with van der Waals surface area (Å²) in [6.07, 6.45) is 5.02. The third-order valence-corrected chi connectivity index (χ3v) is 4.00. The lowest BCUT2D eigenvalue weighted by molar-refractivity contribution is 0.277. The zero-order valence-corrected chi connectivity index (χ0v) is 12.0. The fourth-order valence-corrected chi connectivity index (χ4v) is 2.93. The van der Waals surface area contributed by atoms with Gasteiger partial charge in [-0.2, -0.15) is 4.98 Å². The van der Waals surface area contributed by atoms with Crippen LogP contribution in [0.25, 0.3) is 11.5 Å². The highest BCUT2D eigenvalue weighted by Gasteiger charge is 2.40. The normalized spacial score (nSPS) is 22.3. The van der Waals surface area contributed by atoms with Gasteiger partial charge in [0.2, 0.25) is 11.7 Å². The first-order valence-electron chi connectivity index (χ1n) is 7.21. The summed E-state index contributed by atoms with van der Waals surface area (Å²) in [5, 5.41) is 7.53. The molecule has 0 saturated carbocycles. The first-order valence-corrected chi connectivity index (χ1v) is 7.21. The number of hydrogen-bond acceptors (Lipinski definition) is 5. The Kier molecular flexibility index (Phi) is 3.53. The van der Waals surface area contributed by atoms with Crippen molar-refractivity contribution in [2.45, 2.75) is 38.5 Å². The number of hydrogen-bond donors (Lipinski definition) is 1. The van der Waals surface area contributed by atoms with Crippen molar-refractivity contribution >= 4 is 0 Å². The zero-order valence-electron chi connectivity index (χ0n) is 12.0. The maximum atomic E-state index is 5.56. The second-order valence-electron chi connectivity index (χ2n) is 5.60. The predicted molar refractivity (Wildman–Crippen MR) is 76.3 cm³/mol. The molecule has 106 valence electrons. The van der Waals surface area contributed by atoms with E-state index in [1.54, 1.807) is 6.20 Å². The molecule has 1 N–H and O–H groups in total. The van der Waals surface area contributed by atoms with Crippen LogP contribution in [0.5, 0.6) is 0 Å². The molecule has 0 spiro atoms. The van der Waals surface area contributed by atoms with Crippen LogP contribution in [0.2, 0.25) is 0 Å². The predicted octanol–water partition coefficient (Wildman–Crippen LogP) is 2.47. The van der Waals surface area contributed by atoms with Crippen molar-refractivity contribution in [2.24, 2.45) is 0 Å². The van der Waals surface area contributed by atoms with Crippen molar-refractivity contribution in [3.63, 3.8) is 0 Å². The number of pyridine rings is 1. The van der Waals surface area contributed by atoms with E-state index in [0.717, 1.165) is 49.5 Å². The lowest BCUT2D eigenvalue weighted by Gasteiger charge is -2.22. The van der Waals surface area contributed by atoms with Crippen LogP contribution in [0.15, 0.2) is 22.9 Å². The average molecular weight is 272 g/mol. The maximum absolute atomic E-state index is 5.56. The minimum Gasteiger partial charge on any atom is -0.338 e. The van der Waals surface area contributed by atoms with E-state index in [0.29, 0.717) is 5.82 Å². The molecule has 1 aliphatic heterocycles. The van der Waals surface area contributed by atoms with Crippen LogP contribution in [0.1, 0.15) is 37.6 Å². The summed E-state index contributed by atoms with van der Waals surface area (Å²) < 4.78 is 5.56. The summed E-state index contributed by atoms with van der Waals surface area (Å²) >= 11 is 0.